The van der Waals surface area contributed by atoms with Crippen molar-refractivity contribution in [3.05, 3.63) is 54.1 Å². The van der Waals surface area contributed by atoms with Crippen molar-refractivity contribution in [3.63, 3.8) is 0 Å². The van der Waals surface area contributed by atoms with E-state index in [1.807, 2.05) is 18.2 Å². The largest absolute Gasteiger partial charge is 0.497 e. The number of benzene rings is 2. The molecule has 7 nitrogen and oxygen atoms in total. The van der Waals surface area contributed by atoms with E-state index in [-0.39, 0.29) is 11.7 Å². The van der Waals surface area contributed by atoms with E-state index in [0.717, 1.165) is 48.8 Å². The molecule has 2 aliphatic heterocycles. The van der Waals surface area contributed by atoms with Crippen LogP contribution in [0.5, 0.6) is 11.5 Å². The Hall–Kier alpha value is -2.84. The zero-order valence-corrected chi connectivity index (χ0v) is 20.2. The number of carbonyl (C=O) groups excluding carboxylic acids is 1. The topological polar surface area (TPSA) is 75.5 Å². The second-order valence-electron chi connectivity index (χ2n) is 8.10. The molecule has 1 amide bonds. The summed E-state index contributed by atoms with van der Waals surface area (Å²) < 4.78 is 10.6. The Labute approximate surface area is 199 Å². The van der Waals surface area contributed by atoms with Gasteiger partial charge >= 0.3 is 0 Å². The average molecular weight is 467 g/mol. The van der Waals surface area contributed by atoms with Crippen molar-refractivity contribution >= 4 is 34.1 Å². The molecule has 0 radical (unpaired) electrons. The van der Waals surface area contributed by atoms with Gasteiger partial charge in [-0.3, -0.25) is 9.79 Å². The van der Waals surface area contributed by atoms with Gasteiger partial charge in [-0.2, -0.15) is 0 Å². The number of rotatable bonds is 7. The first-order valence-corrected chi connectivity index (χ1v) is 12.2. The fourth-order valence-corrected chi connectivity index (χ4v) is 4.94. The highest BCUT2D eigenvalue weighted by Gasteiger charge is 2.39. The van der Waals surface area contributed by atoms with Crippen LogP contribution in [0.2, 0.25) is 0 Å². The number of nitrogens with zero attached hydrogens (tertiary/aromatic N) is 3. The molecular formula is C25H30N4O3S. The van der Waals surface area contributed by atoms with Crippen LogP contribution in [-0.4, -0.2) is 66.8 Å². The molecule has 2 aromatic rings. The molecule has 1 saturated heterocycles. The summed E-state index contributed by atoms with van der Waals surface area (Å²) >= 11 is 1.44. The lowest BCUT2D eigenvalue weighted by Crippen LogP contribution is -2.41. The molecule has 8 heteroatoms. The molecule has 2 aromatic carbocycles. The van der Waals surface area contributed by atoms with Crippen LogP contribution in [0, 0.1) is 0 Å². The van der Waals surface area contributed by atoms with Gasteiger partial charge in [0.1, 0.15) is 16.5 Å². The Bertz CT molecular complexity index is 1020. The maximum Gasteiger partial charge on any atom is 0.234 e. The molecule has 1 fully saturated rings. The Morgan fingerprint density at radius 3 is 2.33 bits per heavy atom. The number of piperidine rings is 1. The first-order valence-electron chi connectivity index (χ1n) is 11.2. The summed E-state index contributed by atoms with van der Waals surface area (Å²) in [7, 11) is 3.17. The SMILES string of the molecule is CCN1CCC2(CC1)N=C(SCC(=O)Nc1cc(OC)cc(OC)c1)C(c1ccccc1)=N2. The Morgan fingerprint density at radius 2 is 1.73 bits per heavy atom. The summed E-state index contributed by atoms with van der Waals surface area (Å²) in [6, 6.07) is 15.4. The molecule has 33 heavy (non-hydrogen) atoms. The van der Waals surface area contributed by atoms with Crippen molar-refractivity contribution in [2.24, 2.45) is 9.98 Å². The number of carbonyl (C=O) groups is 1. The number of hydrogen-bond acceptors (Lipinski definition) is 7. The number of ether oxygens (including phenoxy) is 2. The van der Waals surface area contributed by atoms with Gasteiger partial charge in [0.05, 0.1) is 25.7 Å². The lowest BCUT2D eigenvalue weighted by atomic mass is 9.98. The van der Waals surface area contributed by atoms with Crippen molar-refractivity contribution in [2.45, 2.75) is 25.4 Å². The molecule has 0 aromatic heterocycles. The van der Waals surface area contributed by atoms with Gasteiger partial charge in [0, 0.05) is 55.4 Å². The maximum atomic E-state index is 12.7. The summed E-state index contributed by atoms with van der Waals surface area (Å²) in [6.07, 6.45) is 1.80. The molecule has 1 spiro atoms. The van der Waals surface area contributed by atoms with Gasteiger partial charge in [0.2, 0.25) is 5.91 Å². The fourth-order valence-electron chi connectivity index (χ4n) is 4.07. The number of nitrogens with one attached hydrogen (secondary N) is 1. The highest BCUT2D eigenvalue weighted by molar-refractivity contribution is 8.16. The molecule has 2 heterocycles. The minimum absolute atomic E-state index is 0.118. The van der Waals surface area contributed by atoms with E-state index in [1.165, 1.54) is 11.8 Å². The summed E-state index contributed by atoms with van der Waals surface area (Å²) in [5.41, 5.74) is 2.15. The smallest absolute Gasteiger partial charge is 0.234 e. The molecule has 0 aliphatic carbocycles. The van der Waals surface area contributed by atoms with Gasteiger partial charge in [0.15, 0.2) is 5.66 Å². The normalized spacial score (nSPS) is 17.4. The number of likely N-dealkylation sites (tertiary alicyclic amines) is 1. The van der Waals surface area contributed by atoms with E-state index in [1.54, 1.807) is 32.4 Å². The number of methoxy groups -OCH3 is 2. The van der Waals surface area contributed by atoms with E-state index in [4.69, 9.17) is 19.5 Å². The van der Waals surface area contributed by atoms with E-state index in [9.17, 15) is 4.79 Å². The maximum absolute atomic E-state index is 12.7. The monoisotopic (exact) mass is 466 g/mol. The molecule has 4 rings (SSSR count). The van der Waals surface area contributed by atoms with Gasteiger partial charge in [-0.1, -0.05) is 49.0 Å². The third-order valence-corrected chi connectivity index (χ3v) is 6.92. The predicted molar refractivity (Wildman–Crippen MR) is 135 cm³/mol. The zero-order valence-electron chi connectivity index (χ0n) is 19.3. The quantitative estimate of drug-likeness (QED) is 0.665. The highest BCUT2D eigenvalue weighted by Crippen LogP contribution is 2.35. The minimum Gasteiger partial charge on any atom is -0.497 e. The minimum atomic E-state index is -0.407. The molecule has 0 unspecified atom stereocenters. The van der Waals surface area contributed by atoms with Crippen LogP contribution in [0.3, 0.4) is 0 Å². The fraction of sp³-hybridized carbons (Fsp3) is 0.400. The van der Waals surface area contributed by atoms with Gasteiger partial charge < -0.3 is 19.7 Å². The van der Waals surface area contributed by atoms with E-state index < -0.39 is 5.66 Å². The molecular weight excluding hydrogens is 436 g/mol. The molecule has 2 aliphatic rings. The first-order chi connectivity index (χ1) is 16.0. The standard InChI is InChI=1S/C25H30N4O3S/c1-4-29-12-10-25(11-13-29)27-23(18-8-6-5-7-9-18)24(28-25)33-17-22(30)26-19-14-20(31-2)16-21(15-19)32-3/h5-9,14-16H,4,10-13,17H2,1-3H3,(H,26,30). The summed E-state index contributed by atoms with van der Waals surface area (Å²) in [6.45, 7) is 5.21. The number of aliphatic imine (C=N–C) groups is 2. The molecule has 0 saturated carbocycles. The van der Waals surface area contributed by atoms with Crippen LogP contribution >= 0.6 is 11.8 Å². The Morgan fingerprint density at radius 1 is 1.06 bits per heavy atom. The lowest BCUT2D eigenvalue weighted by molar-refractivity contribution is -0.113. The van der Waals surface area contributed by atoms with Crippen LogP contribution < -0.4 is 14.8 Å². The number of amides is 1. The van der Waals surface area contributed by atoms with E-state index >= 15 is 0 Å². The van der Waals surface area contributed by atoms with Crippen LogP contribution in [-0.2, 0) is 4.79 Å². The van der Waals surface area contributed by atoms with Gasteiger partial charge in [0.25, 0.3) is 0 Å². The molecule has 0 atom stereocenters. The number of thioether (sulfide) groups is 1. The molecule has 0 bridgehead atoms. The third kappa shape index (κ3) is 5.57. The van der Waals surface area contributed by atoms with Gasteiger partial charge in [-0.15, -0.1) is 0 Å². The summed E-state index contributed by atoms with van der Waals surface area (Å²) in [5, 5.41) is 3.77. The van der Waals surface area contributed by atoms with Gasteiger partial charge in [-0.05, 0) is 6.54 Å². The first kappa shape index (κ1) is 23.3. The second kappa shape index (κ2) is 10.4. The van der Waals surface area contributed by atoms with E-state index in [0.29, 0.717) is 17.2 Å². The van der Waals surface area contributed by atoms with Crippen LogP contribution in [0.1, 0.15) is 25.3 Å². The average Bonchev–Trinajstić information content (AvgIpc) is 3.21. The van der Waals surface area contributed by atoms with Crippen molar-refractivity contribution in [1.82, 2.24) is 4.90 Å². The van der Waals surface area contributed by atoms with Crippen molar-refractivity contribution in [2.75, 3.05) is 44.9 Å². The second-order valence-corrected chi connectivity index (χ2v) is 9.06. The summed E-state index contributed by atoms with van der Waals surface area (Å²) in [4.78, 5) is 25.4. The van der Waals surface area contributed by atoms with Crippen molar-refractivity contribution in [1.29, 1.82) is 0 Å². The van der Waals surface area contributed by atoms with E-state index in [2.05, 4.69) is 29.3 Å². The Kier molecular flexibility index (Phi) is 7.35. The van der Waals surface area contributed by atoms with Gasteiger partial charge in [-0.25, -0.2) is 4.99 Å². The van der Waals surface area contributed by atoms with Crippen molar-refractivity contribution < 1.29 is 14.3 Å². The third-order valence-electron chi connectivity index (χ3n) is 5.96. The number of hydrogen-bond donors (Lipinski definition) is 1. The Balaban J connectivity index is 1.48. The number of anilines is 1. The van der Waals surface area contributed by atoms with Crippen molar-refractivity contribution in [3.8, 4) is 11.5 Å². The highest BCUT2D eigenvalue weighted by atomic mass is 32.2. The predicted octanol–water partition coefficient (Wildman–Crippen LogP) is 4.09. The molecule has 1 N–H and O–H groups in total. The van der Waals surface area contributed by atoms with Crippen LogP contribution in [0.25, 0.3) is 0 Å². The molecule has 174 valence electrons. The van der Waals surface area contributed by atoms with Crippen LogP contribution in [0.4, 0.5) is 5.69 Å². The summed E-state index contributed by atoms with van der Waals surface area (Å²) in [5.74, 6) is 1.36. The zero-order chi connectivity index (χ0) is 23.3. The lowest BCUT2D eigenvalue weighted by Gasteiger charge is -2.34. The van der Waals surface area contributed by atoms with Crippen LogP contribution in [0.15, 0.2) is 58.5 Å².